The molecule has 0 saturated carbocycles. The normalized spacial score (nSPS) is 31.8. The molecular weight excluding hydrogens is 216 g/mol. The minimum Gasteiger partial charge on any atom is -0.377 e. The maximum atomic E-state index is 5.99. The highest BCUT2D eigenvalue weighted by Crippen LogP contribution is 2.23. The van der Waals surface area contributed by atoms with Gasteiger partial charge in [0.05, 0.1) is 31.5 Å². The first-order chi connectivity index (χ1) is 8.20. The van der Waals surface area contributed by atoms with E-state index in [-0.39, 0.29) is 12.2 Å². The second-order valence-corrected chi connectivity index (χ2v) is 5.44. The number of rotatable bonds is 5. The molecule has 0 aliphatic carbocycles. The maximum absolute atomic E-state index is 5.99. The quantitative estimate of drug-likeness (QED) is 0.775. The molecule has 0 bridgehead atoms. The van der Waals surface area contributed by atoms with E-state index in [2.05, 4.69) is 24.1 Å². The third-order valence-corrected chi connectivity index (χ3v) is 3.84. The van der Waals surface area contributed by atoms with Gasteiger partial charge in [-0.25, -0.2) is 0 Å². The van der Waals surface area contributed by atoms with Crippen LogP contribution in [0.25, 0.3) is 0 Å². The highest BCUT2D eigenvalue weighted by Gasteiger charge is 2.35. The minimum atomic E-state index is 0.271. The van der Waals surface area contributed by atoms with Gasteiger partial charge in [0.15, 0.2) is 0 Å². The first-order valence-electron chi connectivity index (χ1n) is 6.85. The standard InChI is InChI=1S/C13H26N2O2/c1-10(2)16-9-12(14-3)13-7-15-6-4-5-11(15)8-17-13/h10-14H,4-9H2,1-3H3. The van der Waals surface area contributed by atoms with E-state index in [0.717, 1.165) is 19.8 Å². The summed E-state index contributed by atoms with van der Waals surface area (Å²) in [5.41, 5.74) is 0. The van der Waals surface area contributed by atoms with E-state index in [0.29, 0.717) is 12.1 Å². The molecule has 2 fully saturated rings. The van der Waals surface area contributed by atoms with E-state index in [1.807, 2.05) is 7.05 Å². The van der Waals surface area contributed by atoms with Gasteiger partial charge in [0, 0.05) is 12.6 Å². The lowest BCUT2D eigenvalue weighted by Crippen LogP contribution is -2.55. The summed E-state index contributed by atoms with van der Waals surface area (Å²) in [5.74, 6) is 0. The molecule has 1 N–H and O–H groups in total. The lowest BCUT2D eigenvalue weighted by Gasteiger charge is -2.38. The highest BCUT2D eigenvalue weighted by molar-refractivity contribution is 4.89. The summed E-state index contributed by atoms with van der Waals surface area (Å²) in [5, 5.41) is 3.33. The van der Waals surface area contributed by atoms with Crippen LogP contribution in [0.2, 0.25) is 0 Å². The summed E-state index contributed by atoms with van der Waals surface area (Å²) in [6.45, 7) is 8.07. The molecule has 4 nitrogen and oxygen atoms in total. The Labute approximate surface area is 105 Å². The number of ether oxygens (including phenoxy) is 2. The Kier molecular flexibility index (Phi) is 4.79. The molecule has 2 saturated heterocycles. The van der Waals surface area contributed by atoms with Gasteiger partial charge < -0.3 is 14.8 Å². The van der Waals surface area contributed by atoms with Crippen LogP contribution in [0.4, 0.5) is 0 Å². The molecular formula is C13H26N2O2. The Balaban J connectivity index is 1.82. The zero-order valence-corrected chi connectivity index (χ0v) is 11.3. The molecule has 2 aliphatic rings. The smallest absolute Gasteiger partial charge is 0.0877 e. The van der Waals surface area contributed by atoms with E-state index in [1.54, 1.807) is 0 Å². The van der Waals surface area contributed by atoms with Gasteiger partial charge in [-0.3, -0.25) is 4.90 Å². The highest BCUT2D eigenvalue weighted by atomic mass is 16.5. The van der Waals surface area contributed by atoms with Crippen LogP contribution >= 0.6 is 0 Å². The predicted octanol–water partition coefficient (Wildman–Crippen LogP) is 0.863. The molecule has 3 unspecified atom stereocenters. The second kappa shape index (κ2) is 6.14. The monoisotopic (exact) mass is 242 g/mol. The first kappa shape index (κ1) is 13.3. The van der Waals surface area contributed by atoms with Crippen molar-refractivity contribution in [2.75, 3.05) is 33.4 Å². The average molecular weight is 242 g/mol. The Morgan fingerprint density at radius 1 is 1.47 bits per heavy atom. The van der Waals surface area contributed by atoms with Gasteiger partial charge in [-0.05, 0) is 40.3 Å². The molecule has 17 heavy (non-hydrogen) atoms. The minimum absolute atomic E-state index is 0.271. The van der Waals surface area contributed by atoms with E-state index in [4.69, 9.17) is 9.47 Å². The van der Waals surface area contributed by atoms with E-state index >= 15 is 0 Å². The van der Waals surface area contributed by atoms with Crippen LogP contribution in [-0.4, -0.2) is 62.5 Å². The molecule has 3 atom stereocenters. The number of likely N-dealkylation sites (N-methyl/N-ethyl adjacent to an activating group) is 1. The lowest BCUT2D eigenvalue weighted by molar-refractivity contribution is -0.0798. The number of hydrogen-bond acceptors (Lipinski definition) is 4. The van der Waals surface area contributed by atoms with Crippen LogP contribution in [0.3, 0.4) is 0 Å². The van der Waals surface area contributed by atoms with Crippen molar-refractivity contribution in [1.82, 2.24) is 10.2 Å². The van der Waals surface area contributed by atoms with E-state index < -0.39 is 0 Å². The average Bonchev–Trinajstić information content (AvgIpc) is 2.76. The van der Waals surface area contributed by atoms with Crippen LogP contribution < -0.4 is 5.32 Å². The Morgan fingerprint density at radius 3 is 3.00 bits per heavy atom. The molecule has 4 heteroatoms. The molecule has 0 aromatic rings. The predicted molar refractivity (Wildman–Crippen MR) is 68.3 cm³/mol. The fourth-order valence-electron chi connectivity index (χ4n) is 2.76. The number of hydrogen-bond donors (Lipinski definition) is 1. The van der Waals surface area contributed by atoms with Gasteiger partial charge in [-0.1, -0.05) is 0 Å². The van der Waals surface area contributed by atoms with Gasteiger partial charge in [-0.15, -0.1) is 0 Å². The maximum Gasteiger partial charge on any atom is 0.0877 e. The molecule has 0 spiro atoms. The van der Waals surface area contributed by atoms with Crippen molar-refractivity contribution >= 4 is 0 Å². The van der Waals surface area contributed by atoms with Crippen LogP contribution in [0.15, 0.2) is 0 Å². The molecule has 0 aromatic heterocycles. The summed E-state index contributed by atoms with van der Waals surface area (Å²) in [7, 11) is 1.99. The van der Waals surface area contributed by atoms with Crippen molar-refractivity contribution in [2.24, 2.45) is 0 Å². The van der Waals surface area contributed by atoms with Crippen LogP contribution in [0.1, 0.15) is 26.7 Å². The van der Waals surface area contributed by atoms with Gasteiger partial charge >= 0.3 is 0 Å². The molecule has 100 valence electrons. The molecule has 2 heterocycles. The Hall–Kier alpha value is -0.160. The Bertz CT molecular complexity index is 235. The molecule has 2 rings (SSSR count). The zero-order chi connectivity index (χ0) is 12.3. The summed E-state index contributed by atoms with van der Waals surface area (Å²) < 4.78 is 11.7. The van der Waals surface area contributed by atoms with Crippen LogP contribution in [0, 0.1) is 0 Å². The molecule has 0 radical (unpaired) electrons. The third kappa shape index (κ3) is 3.41. The van der Waals surface area contributed by atoms with Crippen LogP contribution in [0.5, 0.6) is 0 Å². The van der Waals surface area contributed by atoms with Gasteiger partial charge in [0.2, 0.25) is 0 Å². The van der Waals surface area contributed by atoms with Crippen molar-refractivity contribution in [2.45, 2.75) is 51.0 Å². The summed E-state index contributed by atoms with van der Waals surface area (Å²) >= 11 is 0. The van der Waals surface area contributed by atoms with Crippen LogP contribution in [-0.2, 0) is 9.47 Å². The largest absolute Gasteiger partial charge is 0.377 e. The SMILES string of the molecule is CNC(COC(C)C)C1CN2CCCC2CO1. The van der Waals surface area contributed by atoms with Crippen molar-refractivity contribution in [3.8, 4) is 0 Å². The van der Waals surface area contributed by atoms with Gasteiger partial charge in [0.25, 0.3) is 0 Å². The number of morpholine rings is 1. The molecule has 2 aliphatic heterocycles. The Morgan fingerprint density at radius 2 is 2.29 bits per heavy atom. The van der Waals surface area contributed by atoms with Crippen molar-refractivity contribution in [3.63, 3.8) is 0 Å². The lowest BCUT2D eigenvalue weighted by atomic mass is 10.1. The van der Waals surface area contributed by atoms with E-state index in [1.165, 1.54) is 19.4 Å². The van der Waals surface area contributed by atoms with Gasteiger partial charge in [0.1, 0.15) is 0 Å². The summed E-state index contributed by atoms with van der Waals surface area (Å²) in [6.07, 6.45) is 3.19. The molecule has 0 amide bonds. The summed E-state index contributed by atoms with van der Waals surface area (Å²) in [6, 6.07) is 0.980. The van der Waals surface area contributed by atoms with Crippen molar-refractivity contribution < 1.29 is 9.47 Å². The van der Waals surface area contributed by atoms with Crippen molar-refractivity contribution in [3.05, 3.63) is 0 Å². The first-order valence-corrected chi connectivity index (χ1v) is 6.85. The number of nitrogens with zero attached hydrogens (tertiary/aromatic N) is 1. The van der Waals surface area contributed by atoms with Gasteiger partial charge in [-0.2, -0.15) is 0 Å². The fourth-order valence-corrected chi connectivity index (χ4v) is 2.76. The number of nitrogens with one attached hydrogen (secondary N) is 1. The van der Waals surface area contributed by atoms with Crippen molar-refractivity contribution in [1.29, 1.82) is 0 Å². The number of fused-ring (bicyclic) bond motifs is 1. The topological polar surface area (TPSA) is 33.7 Å². The fraction of sp³-hybridized carbons (Fsp3) is 1.00. The zero-order valence-electron chi connectivity index (χ0n) is 11.3. The second-order valence-electron chi connectivity index (χ2n) is 5.44. The molecule has 0 aromatic carbocycles. The van der Waals surface area contributed by atoms with E-state index in [9.17, 15) is 0 Å². The third-order valence-electron chi connectivity index (χ3n) is 3.84. The summed E-state index contributed by atoms with van der Waals surface area (Å²) in [4.78, 5) is 2.58.